The van der Waals surface area contributed by atoms with Gasteiger partial charge in [-0.25, -0.2) is 0 Å². The zero-order chi connectivity index (χ0) is 23.4. The fourth-order valence-corrected chi connectivity index (χ4v) is 6.32. The number of nitrogens with zero attached hydrogens (tertiary/aromatic N) is 1. The van der Waals surface area contributed by atoms with E-state index in [2.05, 4.69) is 93.6 Å². The number of rotatable bonds is 7. The van der Waals surface area contributed by atoms with Crippen LogP contribution >= 0.6 is 35.3 Å². The Hall–Kier alpha value is -2.35. The molecule has 4 rings (SSSR count). The van der Waals surface area contributed by atoms with Crippen LogP contribution in [0.1, 0.15) is 16.7 Å². The molecule has 0 amide bonds. The molecule has 0 heterocycles. The maximum atomic E-state index is 11.9. The largest absolute Gasteiger partial charge is 0.733 e. The van der Waals surface area contributed by atoms with Crippen molar-refractivity contribution in [2.45, 2.75) is 50.1 Å². The van der Waals surface area contributed by atoms with E-state index in [1.807, 2.05) is 0 Å². The fraction of sp³-hybridized carbons (Fsp3) is 0.111. The molecule has 0 aliphatic heterocycles. The topological polar surface area (TPSA) is 46.5 Å². The highest BCUT2D eigenvalue weighted by Gasteiger charge is 2.16. The predicted molar refractivity (Wildman–Crippen MR) is 140 cm³/mol. The minimum Gasteiger partial charge on any atom is -0.733 e. The van der Waals surface area contributed by atoms with Gasteiger partial charge in [0.15, 0.2) is 0 Å². The van der Waals surface area contributed by atoms with E-state index in [1.165, 1.54) is 16.7 Å². The van der Waals surface area contributed by atoms with Gasteiger partial charge >= 0.3 is 0 Å². The SMILES string of the molecule is Cc1ccc(Sc2cc(N([O-])O)cc(Sc3ccc(C)cc3)c2Sc2ccc(C)cc2)cc1. The van der Waals surface area contributed by atoms with Crippen molar-refractivity contribution in [3.63, 3.8) is 0 Å². The molecule has 0 radical (unpaired) electrons. The number of benzene rings is 4. The van der Waals surface area contributed by atoms with Crippen LogP contribution in [0.5, 0.6) is 0 Å². The number of hydrogen-bond donors (Lipinski definition) is 1. The Kier molecular flexibility index (Phi) is 7.73. The summed E-state index contributed by atoms with van der Waals surface area (Å²) >= 11 is 4.86. The van der Waals surface area contributed by atoms with Gasteiger partial charge in [0.1, 0.15) is 0 Å². The van der Waals surface area contributed by atoms with Crippen LogP contribution in [-0.2, 0) is 0 Å². The monoisotopic (exact) mass is 490 g/mol. The molecule has 0 spiro atoms. The third-order valence-corrected chi connectivity index (χ3v) is 8.47. The van der Waals surface area contributed by atoms with Gasteiger partial charge in [0.2, 0.25) is 0 Å². The molecule has 0 atom stereocenters. The van der Waals surface area contributed by atoms with Gasteiger partial charge in [-0.05, 0) is 69.3 Å². The minimum absolute atomic E-state index is 0.0568. The van der Waals surface area contributed by atoms with Crippen LogP contribution in [-0.4, -0.2) is 5.21 Å². The maximum absolute atomic E-state index is 11.9. The van der Waals surface area contributed by atoms with Crippen molar-refractivity contribution in [3.05, 3.63) is 107 Å². The lowest BCUT2D eigenvalue weighted by molar-refractivity contribution is 0.296. The van der Waals surface area contributed by atoms with E-state index < -0.39 is 0 Å². The minimum atomic E-state index is -0.0568. The van der Waals surface area contributed by atoms with Crippen molar-refractivity contribution >= 4 is 41.0 Å². The van der Waals surface area contributed by atoms with Crippen molar-refractivity contribution in [2.24, 2.45) is 0 Å². The molecule has 168 valence electrons. The highest BCUT2D eigenvalue weighted by Crippen LogP contribution is 2.47. The molecular formula is C27H24NO2S3-. The zero-order valence-corrected chi connectivity index (χ0v) is 21.1. The average Bonchev–Trinajstić information content (AvgIpc) is 2.80. The molecule has 0 aromatic heterocycles. The lowest BCUT2D eigenvalue weighted by Crippen LogP contribution is -2.07. The highest BCUT2D eigenvalue weighted by atomic mass is 32.2. The summed E-state index contributed by atoms with van der Waals surface area (Å²) in [5, 5.41) is 21.6. The van der Waals surface area contributed by atoms with E-state index in [1.54, 1.807) is 47.4 Å². The van der Waals surface area contributed by atoms with Gasteiger partial charge in [-0.1, -0.05) is 88.4 Å². The van der Waals surface area contributed by atoms with E-state index in [0.717, 1.165) is 29.4 Å². The van der Waals surface area contributed by atoms with Crippen LogP contribution in [0.2, 0.25) is 0 Å². The standard InChI is InChI=1S/C27H24NO2S3/c1-18-4-10-22(11-5-18)31-25-16-21(28(29)30)17-26(32-23-12-6-19(2)7-13-23)27(25)33-24-14-8-20(3)9-15-24/h4-17,29H,1-3H3/q-1. The Morgan fingerprint density at radius 2 is 0.909 bits per heavy atom. The number of aryl methyl sites for hydroxylation is 3. The number of anilines is 1. The average molecular weight is 491 g/mol. The van der Waals surface area contributed by atoms with Gasteiger partial charge in [-0.3, -0.25) is 5.21 Å². The molecule has 4 aromatic carbocycles. The molecular weight excluding hydrogens is 467 g/mol. The smallest absolute Gasteiger partial charge is 0.0532 e. The van der Waals surface area contributed by atoms with E-state index in [-0.39, 0.29) is 10.9 Å². The van der Waals surface area contributed by atoms with Gasteiger partial charge in [-0.2, -0.15) is 0 Å². The summed E-state index contributed by atoms with van der Waals surface area (Å²) in [6.45, 7) is 6.20. The lowest BCUT2D eigenvalue weighted by Gasteiger charge is -2.25. The molecule has 1 N–H and O–H groups in total. The molecule has 4 aromatic rings. The summed E-state index contributed by atoms with van der Waals surface area (Å²) in [6.07, 6.45) is 0. The fourth-order valence-electron chi connectivity index (χ4n) is 3.12. The molecule has 0 saturated carbocycles. The van der Waals surface area contributed by atoms with Crippen molar-refractivity contribution in [1.82, 2.24) is 0 Å². The Morgan fingerprint density at radius 1 is 0.576 bits per heavy atom. The van der Waals surface area contributed by atoms with Gasteiger partial charge < -0.3 is 10.4 Å². The quantitative estimate of drug-likeness (QED) is 0.261. The van der Waals surface area contributed by atoms with Gasteiger partial charge in [-0.15, -0.1) is 0 Å². The normalized spacial score (nSPS) is 10.9. The molecule has 0 aliphatic rings. The number of hydrogen-bond acceptors (Lipinski definition) is 6. The second-order valence-electron chi connectivity index (χ2n) is 7.79. The molecule has 0 unspecified atom stereocenters. The molecule has 0 fully saturated rings. The van der Waals surface area contributed by atoms with Crippen molar-refractivity contribution < 1.29 is 5.21 Å². The van der Waals surface area contributed by atoms with Crippen LogP contribution in [0.4, 0.5) is 5.69 Å². The van der Waals surface area contributed by atoms with Crippen LogP contribution in [0, 0.1) is 26.0 Å². The summed E-state index contributed by atoms with van der Waals surface area (Å²) in [4.78, 5) is 6.17. The van der Waals surface area contributed by atoms with E-state index in [4.69, 9.17) is 0 Å². The van der Waals surface area contributed by atoms with Crippen molar-refractivity contribution in [3.8, 4) is 0 Å². The van der Waals surface area contributed by atoms with Crippen LogP contribution in [0.25, 0.3) is 0 Å². The Balaban J connectivity index is 1.81. The third kappa shape index (κ3) is 6.37. The second-order valence-corrected chi connectivity index (χ2v) is 11.1. The molecule has 33 heavy (non-hydrogen) atoms. The van der Waals surface area contributed by atoms with Crippen molar-refractivity contribution in [1.29, 1.82) is 0 Å². The van der Waals surface area contributed by atoms with Crippen molar-refractivity contribution in [2.75, 3.05) is 5.23 Å². The molecule has 0 bridgehead atoms. The molecule has 6 heteroatoms. The summed E-state index contributed by atoms with van der Waals surface area (Å²) in [6, 6.07) is 28.6. The van der Waals surface area contributed by atoms with Crippen LogP contribution in [0.3, 0.4) is 0 Å². The van der Waals surface area contributed by atoms with E-state index >= 15 is 0 Å². The molecule has 0 saturated heterocycles. The first-order chi connectivity index (χ1) is 15.9. The summed E-state index contributed by atoms with van der Waals surface area (Å²) in [5.74, 6) is 0. The van der Waals surface area contributed by atoms with Crippen LogP contribution < -0.4 is 5.23 Å². The lowest BCUT2D eigenvalue weighted by atomic mass is 10.2. The Morgan fingerprint density at radius 3 is 1.24 bits per heavy atom. The predicted octanol–water partition coefficient (Wildman–Crippen LogP) is 8.76. The first-order valence-corrected chi connectivity index (χ1v) is 12.9. The van der Waals surface area contributed by atoms with Gasteiger partial charge in [0.25, 0.3) is 0 Å². The van der Waals surface area contributed by atoms with Crippen LogP contribution in [0.15, 0.2) is 114 Å². The summed E-state index contributed by atoms with van der Waals surface area (Å²) in [7, 11) is 0. The van der Waals surface area contributed by atoms with E-state index in [9.17, 15) is 10.4 Å². The summed E-state index contributed by atoms with van der Waals surface area (Å²) < 4.78 is 0. The first kappa shape index (κ1) is 23.8. The molecule has 3 nitrogen and oxygen atoms in total. The first-order valence-electron chi connectivity index (χ1n) is 10.4. The zero-order valence-electron chi connectivity index (χ0n) is 18.6. The molecule has 0 aliphatic carbocycles. The highest BCUT2D eigenvalue weighted by molar-refractivity contribution is 8.04. The maximum Gasteiger partial charge on any atom is 0.0532 e. The van der Waals surface area contributed by atoms with Gasteiger partial charge in [0, 0.05) is 29.4 Å². The van der Waals surface area contributed by atoms with E-state index in [0.29, 0.717) is 0 Å². The summed E-state index contributed by atoms with van der Waals surface area (Å²) in [5.41, 5.74) is 3.81. The Bertz CT molecular complexity index is 1150. The second kappa shape index (κ2) is 10.7. The third-order valence-electron chi connectivity index (χ3n) is 4.96. The Labute approximate surface area is 207 Å². The van der Waals surface area contributed by atoms with Gasteiger partial charge in [0.05, 0.1) is 5.69 Å².